The zero-order chi connectivity index (χ0) is 21.4. The summed E-state index contributed by atoms with van der Waals surface area (Å²) in [6.45, 7) is -0.973. The van der Waals surface area contributed by atoms with Crippen LogP contribution in [0.25, 0.3) is 0 Å². The van der Waals surface area contributed by atoms with Crippen molar-refractivity contribution in [3.8, 4) is 12.3 Å². The van der Waals surface area contributed by atoms with Gasteiger partial charge in [0.2, 0.25) is 5.91 Å². The summed E-state index contributed by atoms with van der Waals surface area (Å²) in [7, 11) is 0. The molecule has 0 radical (unpaired) electrons. The monoisotopic (exact) mass is 403 g/mol. The summed E-state index contributed by atoms with van der Waals surface area (Å²) >= 11 is 0. The van der Waals surface area contributed by atoms with Crippen LogP contribution in [0, 0.1) is 12.3 Å². The van der Waals surface area contributed by atoms with Crippen molar-refractivity contribution in [3.05, 3.63) is 0 Å². The lowest BCUT2D eigenvalue weighted by molar-refractivity contribution is -0.140. The van der Waals surface area contributed by atoms with Crippen molar-refractivity contribution in [2.24, 2.45) is 0 Å². The molecule has 0 spiro atoms. The molecule has 1 amide bonds. The van der Waals surface area contributed by atoms with Gasteiger partial charge in [-0.25, -0.2) is 0 Å². The van der Waals surface area contributed by atoms with Crippen molar-refractivity contribution in [2.75, 3.05) is 39.6 Å². The van der Waals surface area contributed by atoms with Crippen molar-refractivity contribution >= 4 is 23.8 Å². The maximum absolute atomic E-state index is 12.1. The van der Waals surface area contributed by atoms with E-state index in [2.05, 4.69) is 11.2 Å². The Labute approximate surface area is 161 Å². The van der Waals surface area contributed by atoms with Crippen LogP contribution in [0.2, 0.25) is 0 Å². The summed E-state index contributed by atoms with van der Waals surface area (Å²) in [5.74, 6) is -1.66. The molecule has 0 atom stereocenters. The van der Waals surface area contributed by atoms with E-state index >= 15 is 0 Å². The molecule has 0 aliphatic heterocycles. The predicted molar refractivity (Wildman–Crippen MR) is 93.5 cm³/mol. The Morgan fingerprint density at radius 3 is 1.68 bits per heavy atom. The Morgan fingerprint density at radius 1 is 0.786 bits per heavy atom. The van der Waals surface area contributed by atoms with Crippen LogP contribution >= 0.6 is 0 Å². The van der Waals surface area contributed by atoms with Crippen LogP contribution in [0.15, 0.2) is 0 Å². The molecule has 0 unspecified atom stereocenters. The number of hydrogen-bond acceptors (Lipinski definition) is 7. The van der Waals surface area contributed by atoms with E-state index in [1.165, 1.54) is 0 Å². The minimum atomic E-state index is -1.30. The molecule has 0 bridgehead atoms. The number of terminal acetylenes is 1. The maximum Gasteiger partial charge on any atom is 0.305 e. The lowest BCUT2D eigenvalue weighted by Crippen LogP contribution is -2.58. The third-order valence-corrected chi connectivity index (χ3v) is 3.21. The highest BCUT2D eigenvalue weighted by Crippen LogP contribution is 2.11. The average Bonchev–Trinajstić information content (AvgIpc) is 2.60. The SMILES string of the molecule is C#CCOCC(COCCC(=O)O)(COCCC(=O)O)NC(=O)CCC(=O)O. The molecule has 0 heterocycles. The summed E-state index contributed by atoms with van der Waals surface area (Å²) in [4.78, 5) is 44.0. The van der Waals surface area contributed by atoms with Gasteiger partial charge >= 0.3 is 17.9 Å². The van der Waals surface area contributed by atoms with E-state index in [-0.39, 0.29) is 58.9 Å². The fourth-order valence-corrected chi connectivity index (χ4v) is 1.97. The van der Waals surface area contributed by atoms with Gasteiger partial charge in [0.15, 0.2) is 0 Å². The molecule has 158 valence electrons. The first-order valence-corrected chi connectivity index (χ1v) is 8.34. The van der Waals surface area contributed by atoms with Crippen LogP contribution < -0.4 is 5.32 Å². The van der Waals surface area contributed by atoms with Gasteiger partial charge in [-0.05, 0) is 0 Å². The largest absolute Gasteiger partial charge is 0.481 e. The number of carboxylic acids is 3. The molecule has 11 nitrogen and oxygen atoms in total. The molecule has 0 fully saturated rings. The number of carbonyl (C=O) groups excluding carboxylic acids is 1. The topological polar surface area (TPSA) is 169 Å². The zero-order valence-electron chi connectivity index (χ0n) is 15.3. The summed E-state index contributed by atoms with van der Waals surface area (Å²) in [6.07, 6.45) is 3.88. The Balaban J connectivity index is 5.09. The number of aliphatic carboxylic acids is 3. The third-order valence-electron chi connectivity index (χ3n) is 3.21. The molecule has 0 saturated carbocycles. The van der Waals surface area contributed by atoms with Crippen LogP contribution in [-0.4, -0.2) is 84.3 Å². The molecule has 0 rings (SSSR count). The molecule has 28 heavy (non-hydrogen) atoms. The molecule has 0 aromatic rings. The van der Waals surface area contributed by atoms with Crippen LogP contribution in [0.4, 0.5) is 0 Å². The Morgan fingerprint density at radius 2 is 1.25 bits per heavy atom. The number of rotatable bonds is 17. The lowest BCUT2D eigenvalue weighted by Gasteiger charge is -2.34. The van der Waals surface area contributed by atoms with Gasteiger partial charge in [-0.1, -0.05) is 5.92 Å². The van der Waals surface area contributed by atoms with E-state index in [1.54, 1.807) is 0 Å². The van der Waals surface area contributed by atoms with E-state index in [0.717, 1.165) is 0 Å². The number of carboxylic acid groups (broad SMARTS) is 3. The minimum Gasteiger partial charge on any atom is -0.481 e. The van der Waals surface area contributed by atoms with Gasteiger partial charge in [-0.3, -0.25) is 19.2 Å². The molecular formula is C17H25NO10. The average molecular weight is 403 g/mol. The number of hydrogen-bond donors (Lipinski definition) is 4. The predicted octanol–water partition coefficient (Wildman–Crippen LogP) is -0.661. The normalized spacial score (nSPS) is 10.8. The quantitative estimate of drug-likeness (QED) is 0.181. The molecule has 0 saturated heterocycles. The van der Waals surface area contributed by atoms with Crippen LogP contribution in [-0.2, 0) is 33.4 Å². The van der Waals surface area contributed by atoms with Crippen LogP contribution in [0.3, 0.4) is 0 Å². The van der Waals surface area contributed by atoms with E-state index in [1.807, 2.05) is 0 Å². The number of amides is 1. The van der Waals surface area contributed by atoms with E-state index in [0.29, 0.717) is 0 Å². The second kappa shape index (κ2) is 14.4. The first-order valence-electron chi connectivity index (χ1n) is 8.34. The fourth-order valence-electron chi connectivity index (χ4n) is 1.97. The first-order chi connectivity index (χ1) is 13.2. The highest BCUT2D eigenvalue weighted by atomic mass is 16.5. The molecule has 0 aliphatic carbocycles. The number of ether oxygens (including phenoxy) is 3. The Hall–Kier alpha value is -2.68. The van der Waals surface area contributed by atoms with Gasteiger partial charge in [0.05, 0.1) is 52.3 Å². The first kappa shape index (κ1) is 25.3. The second-order valence-corrected chi connectivity index (χ2v) is 5.81. The van der Waals surface area contributed by atoms with Gasteiger partial charge in [-0.15, -0.1) is 6.42 Å². The fraction of sp³-hybridized carbons (Fsp3) is 0.647. The van der Waals surface area contributed by atoms with Crippen LogP contribution in [0.5, 0.6) is 0 Å². The van der Waals surface area contributed by atoms with Crippen molar-refractivity contribution in [2.45, 2.75) is 31.2 Å². The van der Waals surface area contributed by atoms with Gasteiger partial charge in [-0.2, -0.15) is 0 Å². The highest BCUT2D eigenvalue weighted by molar-refractivity contribution is 5.81. The van der Waals surface area contributed by atoms with Gasteiger partial charge < -0.3 is 34.8 Å². The maximum atomic E-state index is 12.1. The summed E-state index contributed by atoms with van der Waals surface area (Å²) in [5, 5.41) is 28.6. The molecule has 11 heteroatoms. The van der Waals surface area contributed by atoms with Gasteiger partial charge in [0.25, 0.3) is 0 Å². The standard InChI is InChI=1S/C17H25NO10/c1-2-7-26-10-17(11-27-8-5-15(22)23,12-28-9-6-16(24)25)18-13(19)3-4-14(20)21/h1H,3-12H2,(H,18,19)(H,20,21)(H,22,23)(H,24,25). The molecule has 0 aromatic heterocycles. The van der Waals surface area contributed by atoms with E-state index in [9.17, 15) is 19.2 Å². The molecule has 4 N–H and O–H groups in total. The third kappa shape index (κ3) is 13.5. The van der Waals surface area contributed by atoms with Gasteiger partial charge in [0.1, 0.15) is 12.1 Å². The summed E-state index contributed by atoms with van der Waals surface area (Å²) in [6, 6.07) is 0. The van der Waals surface area contributed by atoms with Crippen molar-refractivity contribution in [1.82, 2.24) is 5.32 Å². The zero-order valence-corrected chi connectivity index (χ0v) is 15.3. The van der Waals surface area contributed by atoms with Gasteiger partial charge in [0, 0.05) is 6.42 Å². The molecular weight excluding hydrogens is 378 g/mol. The lowest BCUT2D eigenvalue weighted by atomic mass is 10.0. The van der Waals surface area contributed by atoms with E-state index < -0.39 is 35.8 Å². The van der Waals surface area contributed by atoms with Crippen LogP contribution in [0.1, 0.15) is 25.7 Å². The second-order valence-electron chi connectivity index (χ2n) is 5.81. The van der Waals surface area contributed by atoms with Crippen molar-refractivity contribution in [1.29, 1.82) is 0 Å². The summed E-state index contributed by atoms with van der Waals surface area (Å²) in [5.41, 5.74) is -1.30. The number of carbonyl (C=O) groups is 4. The smallest absolute Gasteiger partial charge is 0.305 e. The van der Waals surface area contributed by atoms with E-state index in [4.69, 9.17) is 36.0 Å². The molecule has 0 aromatic carbocycles. The highest BCUT2D eigenvalue weighted by Gasteiger charge is 2.34. The Kier molecular flexibility index (Phi) is 13.0. The van der Waals surface area contributed by atoms with Crippen molar-refractivity contribution < 1.29 is 48.7 Å². The van der Waals surface area contributed by atoms with Crippen molar-refractivity contribution in [3.63, 3.8) is 0 Å². The Bertz CT molecular complexity index is 547. The summed E-state index contributed by atoms with van der Waals surface area (Å²) < 4.78 is 15.9. The minimum absolute atomic E-state index is 0.0863. The molecule has 0 aliphatic rings. The number of nitrogens with one attached hydrogen (secondary N) is 1.